The number of anilines is 1. The zero-order valence-electron chi connectivity index (χ0n) is 8.73. The molecule has 2 aromatic rings. The predicted molar refractivity (Wildman–Crippen MR) is 66.0 cm³/mol. The van der Waals surface area contributed by atoms with Gasteiger partial charge >= 0.3 is 0 Å². The largest absolute Gasteiger partial charge is 0.375 e. The molecule has 1 heterocycles. The third kappa shape index (κ3) is 2.46. The van der Waals surface area contributed by atoms with Crippen molar-refractivity contribution in [3.63, 3.8) is 0 Å². The fraction of sp³-hybridized carbons (Fsp3) is 0.364. The van der Waals surface area contributed by atoms with E-state index in [9.17, 15) is 0 Å². The van der Waals surface area contributed by atoms with E-state index in [0.717, 1.165) is 23.1 Å². The van der Waals surface area contributed by atoms with Gasteiger partial charge in [0.15, 0.2) is 5.13 Å². The smallest absolute Gasteiger partial charge is 0.181 e. The van der Waals surface area contributed by atoms with E-state index >= 15 is 0 Å². The van der Waals surface area contributed by atoms with Crippen LogP contribution in [0.5, 0.6) is 0 Å². The van der Waals surface area contributed by atoms with E-state index in [1.54, 1.807) is 0 Å². The maximum Gasteiger partial charge on any atom is 0.181 e. The van der Waals surface area contributed by atoms with Gasteiger partial charge in [0.1, 0.15) is 0 Å². The van der Waals surface area contributed by atoms with Gasteiger partial charge in [-0.15, -0.1) is 0 Å². The molecule has 1 aromatic carbocycles. The summed E-state index contributed by atoms with van der Waals surface area (Å²) >= 11 is 1.54. The van der Waals surface area contributed by atoms with Gasteiger partial charge in [0, 0.05) is 6.04 Å². The van der Waals surface area contributed by atoms with E-state index in [2.05, 4.69) is 17.1 Å². The van der Waals surface area contributed by atoms with Crippen LogP contribution >= 0.6 is 11.3 Å². The first kappa shape index (κ1) is 10.4. The van der Waals surface area contributed by atoms with Gasteiger partial charge in [-0.25, -0.2) is 4.98 Å². The highest BCUT2D eigenvalue weighted by molar-refractivity contribution is 7.22. The first-order chi connectivity index (χ1) is 7.15. The lowest BCUT2D eigenvalue weighted by atomic mass is 10.1. The summed E-state index contributed by atoms with van der Waals surface area (Å²) in [4.78, 5) is 4.22. The van der Waals surface area contributed by atoms with Crippen LogP contribution in [-0.4, -0.2) is 11.0 Å². The van der Waals surface area contributed by atoms with Crippen molar-refractivity contribution in [3.05, 3.63) is 23.8 Å². The van der Waals surface area contributed by atoms with E-state index in [0.29, 0.717) is 5.13 Å². The molecule has 15 heavy (non-hydrogen) atoms. The molecule has 0 amide bonds. The molecule has 4 heteroatoms. The quantitative estimate of drug-likeness (QED) is 0.834. The Bertz CT molecular complexity index is 462. The predicted octanol–water partition coefficient (Wildman–Crippen LogP) is 2.16. The number of hydrogen-bond donors (Lipinski definition) is 2. The van der Waals surface area contributed by atoms with Crippen LogP contribution in [0.15, 0.2) is 18.2 Å². The molecule has 0 aliphatic rings. The number of benzene rings is 1. The van der Waals surface area contributed by atoms with E-state index < -0.39 is 0 Å². The molecule has 0 fully saturated rings. The first-order valence-electron chi connectivity index (χ1n) is 5.05. The third-order valence-corrected chi connectivity index (χ3v) is 3.21. The van der Waals surface area contributed by atoms with Crippen LogP contribution in [0.25, 0.3) is 10.2 Å². The average molecular weight is 221 g/mol. The fourth-order valence-electron chi connectivity index (χ4n) is 1.54. The summed E-state index contributed by atoms with van der Waals surface area (Å²) < 4.78 is 1.16. The van der Waals surface area contributed by atoms with E-state index in [1.165, 1.54) is 16.9 Å². The van der Waals surface area contributed by atoms with Crippen molar-refractivity contribution in [3.8, 4) is 0 Å². The molecule has 2 rings (SSSR count). The van der Waals surface area contributed by atoms with Crippen molar-refractivity contribution < 1.29 is 0 Å². The van der Waals surface area contributed by atoms with Crippen molar-refractivity contribution in [1.82, 2.24) is 4.98 Å². The monoisotopic (exact) mass is 221 g/mol. The molecule has 1 atom stereocenters. The van der Waals surface area contributed by atoms with Crippen molar-refractivity contribution in [1.29, 1.82) is 0 Å². The normalized spacial score (nSPS) is 13.2. The zero-order valence-corrected chi connectivity index (χ0v) is 9.55. The highest BCUT2D eigenvalue weighted by Gasteiger charge is 2.02. The highest BCUT2D eigenvalue weighted by Crippen LogP contribution is 2.24. The lowest BCUT2D eigenvalue weighted by Crippen LogP contribution is -2.15. The van der Waals surface area contributed by atoms with Gasteiger partial charge in [0.2, 0.25) is 0 Å². The molecule has 0 radical (unpaired) electrons. The second-order valence-electron chi connectivity index (χ2n) is 3.87. The molecular formula is C11H15N3S. The molecule has 0 aliphatic carbocycles. The average Bonchev–Trinajstić information content (AvgIpc) is 2.53. The Balaban J connectivity index is 2.22. The fourth-order valence-corrected chi connectivity index (χ4v) is 2.33. The highest BCUT2D eigenvalue weighted by atomic mass is 32.1. The van der Waals surface area contributed by atoms with Crippen molar-refractivity contribution in [2.45, 2.75) is 25.8 Å². The van der Waals surface area contributed by atoms with Crippen LogP contribution in [0.1, 0.15) is 18.9 Å². The van der Waals surface area contributed by atoms with Crippen molar-refractivity contribution in [2.75, 3.05) is 5.73 Å². The second-order valence-corrected chi connectivity index (χ2v) is 4.93. The molecule has 3 nitrogen and oxygen atoms in total. The molecule has 0 spiro atoms. The SMILES string of the molecule is CC(N)CCc1ccc2nc(N)sc2c1. The summed E-state index contributed by atoms with van der Waals surface area (Å²) in [5.41, 5.74) is 13.7. The van der Waals surface area contributed by atoms with E-state index in [4.69, 9.17) is 11.5 Å². The molecule has 80 valence electrons. The van der Waals surface area contributed by atoms with Crippen molar-refractivity contribution in [2.24, 2.45) is 5.73 Å². The number of hydrogen-bond acceptors (Lipinski definition) is 4. The summed E-state index contributed by atoms with van der Waals surface area (Å²) in [5.74, 6) is 0. The third-order valence-electron chi connectivity index (χ3n) is 2.36. The number of nitrogen functional groups attached to an aromatic ring is 1. The molecule has 1 unspecified atom stereocenters. The van der Waals surface area contributed by atoms with E-state index in [-0.39, 0.29) is 6.04 Å². The minimum atomic E-state index is 0.257. The zero-order chi connectivity index (χ0) is 10.8. The van der Waals surface area contributed by atoms with Gasteiger partial charge in [-0.1, -0.05) is 17.4 Å². The number of nitrogens with two attached hydrogens (primary N) is 2. The second kappa shape index (κ2) is 4.16. The summed E-state index contributed by atoms with van der Waals surface area (Å²) in [5, 5.41) is 0.634. The Labute approximate surface area is 93.1 Å². The van der Waals surface area contributed by atoms with Crippen LogP contribution < -0.4 is 11.5 Å². The lowest BCUT2D eigenvalue weighted by molar-refractivity contribution is 0.666. The first-order valence-corrected chi connectivity index (χ1v) is 5.87. The molecule has 1 aromatic heterocycles. The standard InChI is InChI=1S/C11H15N3S/c1-7(12)2-3-8-4-5-9-10(6-8)15-11(13)14-9/h4-7H,2-3,12H2,1H3,(H2,13,14). The van der Waals surface area contributed by atoms with Gasteiger partial charge in [-0.3, -0.25) is 0 Å². The Morgan fingerprint density at radius 3 is 3.00 bits per heavy atom. The number of aromatic nitrogens is 1. The van der Waals surface area contributed by atoms with Crippen LogP contribution in [-0.2, 0) is 6.42 Å². The molecule has 0 saturated heterocycles. The number of nitrogens with zero attached hydrogens (tertiary/aromatic N) is 1. The van der Waals surface area contributed by atoms with Gasteiger partial charge in [-0.05, 0) is 37.5 Å². The summed E-state index contributed by atoms with van der Waals surface area (Å²) in [7, 11) is 0. The van der Waals surface area contributed by atoms with Crippen LogP contribution in [0.3, 0.4) is 0 Å². The summed E-state index contributed by atoms with van der Waals surface area (Å²) in [6, 6.07) is 6.54. The van der Waals surface area contributed by atoms with Crippen molar-refractivity contribution >= 4 is 26.7 Å². The molecule has 0 bridgehead atoms. The Morgan fingerprint density at radius 1 is 1.47 bits per heavy atom. The molecule has 4 N–H and O–H groups in total. The van der Waals surface area contributed by atoms with Crippen LogP contribution in [0, 0.1) is 0 Å². The molecule has 0 aliphatic heterocycles. The lowest BCUT2D eigenvalue weighted by Gasteiger charge is -2.04. The number of aryl methyl sites for hydroxylation is 1. The summed E-state index contributed by atoms with van der Waals surface area (Å²) in [6.45, 7) is 2.03. The minimum Gasteiger partial charge on any atom is -0.375 e. The number of fused-ring (bicyclic) bond motifs is 1. The Hall–Kier alpha value is -1.13. The van der Waals surface area contributed by atoms with Gasteiger partial charge in [0.25, 0.3) is 0 Å². The van der Waals surface area contributed by atoms with E-state index in [1.807, 2.05) is 13.0 Å². The molecule has 0 saturated carbocycles. The van der Waals surface area contributed by atoms with Gasteiger partial charge in [-0.2, -0.15) is 0 Å². The van der Waals surface area contributed by atoms with Crippen LogP contribution in [0.4, 0.5) is 5.13 Å². The number of rotatable bonds is 3. The topological polar surface area (TPSA) is 64.9 Å². The number of thiazole rings is 1. The minimum absolute atomic E-state index is 0.257. The van der Waals surface area contributed by atoms with Gasteiger partial charge in [0.05, 0.1) is 10.2 Å². The Morgan fingerprint density at radius 2 is 2.27 bits per heavy atom. The van der Waals surface area contributed by atoms with Gasteiger partial charge < -0.3 is 11.5 Å². The summed E-state index contributed by atoms with van der Waals surface area (Å²) in [6.07, 6.45) is 2.03. The maximum atomic E-state index is 5.73. The Kier molecular flexibility index (Phi) is 2.88. The molecular weight excluding hydrogens is 206 g/mol. The van der Waals surface area contributed by atoms with Crippen LogP contribution in [0.2, 0.25) is 0 Å². The maximum absolute atomic E-state index is 5.73.